The lowest BCUT2D eigenvalue weighted by atomic mass is 9.89. The first-order valence-electron chi connectivity index (χ1n) is 11.5. The lowest BCUT2D eigenvalue weighted by molar-refractivity contribution is -0.142. The Morgan fingerprint density at radius 2 is 1.78 bits per heavy atom. The van der Waals surface area contributed by atoms with Gasteiger partial charge in [-0.05, 0) is 42.2 Å². The third kappa shape index (κ3) is 4.76. The zero-order chi connectivity index (χ0) is 26.4. The van der Waals surface area contributed by atoms with Crippen LogP contribution in [0.25, 0.3) is 11.1 Å². The number of carbonyl (C=O) groups is 2. The van der Waals surface area contributed by atoms with Gasteiger partial charge in [0.1, 0.15) is 34.8 Å². The van der Waals surface area contributed by atoms with Crippen molar-refractivity contribution >= 4 is 35.1 Å². The molecule has 0 saturated heterocycles. The lowest BCUT2D eigenvalue weighted by Crippen LogP contribution is -2.43. The van der Waals surface area contributed by atoms with Crippen LogP contribution in [0.4, 0.5) is 13.2 Å². The summed E-state index contributed by atoms with van der Waals surface area (Å²) >= 11 is 12.7. The molecular weight excluding hydrogens is 530 g/mol. The van der Waals surface area contributed by atoms with E-state index in [1.54, 1.807) is 12.1 Å². The van der Waals surface area contributed by atoms with E-state index in [1.165, 1.54) is 0 Å². The molecule has 5 nitrogen and oxygen atoms in total. The van der Waals surface area contributed by atoms with Gasteiger partial charge >= 0.3 is 5.97 Å². The Bertz CT molecular complexity index is 1390. The van der Waals surface area contributed by atoms with E-state index in [-0.39, 0.29) is 22.4 Å². The molecule has 1 aliphatic heterocycles. The zero-order valence-electron chi connectivity index (χ0n) is 19.4. The number of benzene rings is 3. The van der Waals surface area contributed by atoms with Crippen molar-refractivity contribution in [3.63, 3.8) is 0 Å². The molecule has 3 aromatic rings. The van der Waals surface area contributed by atoms with Crippen LogP contribution in [0.15, 0.2) is 42.5 Å². The molecule has 1 amide bonds. The molecule has 10 heteroatoms. The van der Waals surface area contributed by atoms with Crippen molar-refractivity contribution in [2.24, 2.45) is 5.92 Å². The first-order chi connectivity index (χ1) is 17.7. The maximum atomic E-state index is 14.2. The van der Waals surface area contributed by atoms with Gasteiger partial charge in [-0.2, -0.15) is 0 Å². The second-order valence-electron chi connectivity index (χ2n) is 9.02. The molecule has 5 rings (SSSR count). The molecule has 1 aliphatic carbocycles. The van der Waals surface area contributed by atoms with Gasteiger partial charge in [-0.25, -0.2) is 18.0 Å². The van der Waals surface area contributed by atoms with E-state index in [1.807, 2.05) is 0 Å². The second-order valence-corrected chi connectivity index (χ2v) is 9.84. The summed E-state index contributed by atoms with van der Waals surface area (Å²) in [4.78, 5) is 25.3. The number of halogens is 5. The minimum Gasteiger partial charge on any atom is -0.492 e. The molecule has 2 unspecified atom stereocenters. The van der Waals surface area contributed by atoms with Crippen molar-refractivity contribution in [2.75, 3.05) is 13.7 Å². The predicted octanol–water partition coefficient (Wildman–Crippen LogP) is 6.09. The van der Waals surface area contributed by atoms with E-state index in [0.29, 0.717) is 35.0 Å². The molecule has 0 bridgehead atoms. The Balaban J connectivity index is 1.53. The highest BCUT2D eigenvalue weighted by atomic mass is 35.5. The number of fused-ring (bicyclic) bond motifs is 3. The fourth-order valence-electron chi connectivity index (χ4n) is 4.85. The first kappa shape index (κ1) is 25.4. The molecule has 1 fully saturated rings. The maximum absolute atomic E-state index is 14.2. The number of carbonyl (C=O) groups excluding carboxylic acids is 2. The van der Waals surface area contributed by atoms with Crippen LogP contribution in [-0.4, -0.2) is 31.6 Å². The third-order valence-corrected chi connectivity index (χ3v) is 7.30. The number of methoxy groups -OCH3 is 1. The van der Waals surface area contributed by atoms with Crippen LogP contribution >= 0.6 is 23.2 Å². The summed E-state index contributed by atoms with van der Waals surface area (Å²) in [6.45, 7) is 0.480. The molecule has 0 spiro atoms. The number of esters is 1. The number of rotatable bonds is 6. The Labute approximate surface area is 220 Å². The van der Waals surface area contributed by atoms with Crippen LogP contribution in [0.5, 0.6) is 5.75 Å². The van der Waals surface area contributed by atoms with Gasteiger partial charge in [-0.3, -0.25) is 4.79 Å². The Morgan fingerprint density at radius 3 is 2.43 bits per heavy atom. The summed E-state index contributed by atoms with van der Waals surface area (Å²) < 4.78 is 53.1. The highest BCUT2D eigenvalue weighted by molar-refractivity contribution is 6.39. The van der Waals surface area contributed by atoms with Gasteiger partial charge in [0, 0.05) is 29.0 Å². The van der Waals surface area contributed by atoms with Gasteiger partial charge in [0.15, 0.2) is 0 Å². The molecule has 37 heavy (non-hydrogen) atoms. The average molecular weight is 550 g/mol. The predicted molar refractivity (Wildman–Crippen MR) is 132 cm³/mol. The minimum absolute atomic E-state index is 0.0193. The van der Waals surface area contributed by atoms with Crippen molar-refractivity contribution in [1.29, 1.82) is 0 Å². The van der Waals surface area contributed by atoms with Gasteiger partial charge < -0.3 is 14.8 Å². The summed E-state index contributed by atoms with van der Waals surface area (Å²) in [5, 5.41) is 2.64. The van der Waals surface area contributed by atoms with Crippen LogP contribution in [0.2, 0.25) is 10.0 Å². The van der Waals surface area contributed by atoms with Crippen molar-refractivity contribution in [3.05, 3.63) is 86.7 Å². The number of hydrogen-bond acceptors (Lipinski definition) is 4. The summed E-state index contributed by atoms with van der Waals surface area (Å²) in [6, 6.07) is 7.59. The number of nitrogens with one attached hydrogen (secondary N) is 1. The van der Waals surface area contributed by atoms with Crippen molar-refractivity contribution in [2.45, 2.75) is 24.8 Å². The fourth-order valence-corrected chi connectivity index (χ4v) is 5.52. The maximum Gasteiger partial charge on any atom is 0.328 e. The summed E-state index contributed by atoms with van der Waals surface area (Å²) in [5.74, 6) is -3.58. The molecule has 1 heterocycles. The standard InChI is InChI=1S/C27H20Cl2F3NO4/c1-36-27(35)21(33-26(34)24-19(31)3-2-4-20(24)32)8-12-5-6-15(23-17(28)9-14(30)10-18(23)29)25-22(12)16-7-13(16)11-37-25/h2-6,9-10,13,16,21H,7-8,11H2,1H3,(H,33,34)/t13?,16?,21-/m0/s1. The number of ether oxygens (including phenoxy) is 2. The zero-order valence-corrected chi connectivity index (χ0v) is 20.9. The van der Waals surface area contributed by atoms with E-state index in [9.17, 15) is 22.8 Å². The molecule has 3 atom stereocenters. The van der Waals surface area contributed by atoms with E-state index in [2.05, 4.69) is 5.32 Å². The van der Waals surface area contributed by atoms with Gasteiger partial charge in [0.25, 0.3) is 5.91 Å². The van der Waals surface area contributed by atoms with E-state index >= 15 is 0 Å². The highest BCUT2D eigenvalue weighted by Gasteiger charge is 2.46. The average Bonchev–Trinajstić information content (AvgIpc) is 3.63. The Hall–Kier alpha value is -3.23. The normalized spacial score (nSPS) is 18.2. The van der Waals surface area contributed by atoms with Crippen molar-refractivity contribution in [1.82, 2.24) is 5.32 Å². The Morgan fingerprint density at radius 1 is 1.11 bits per heavy atom. The quantitative estimate of drug-likeness (QED) is 0.378. The van der Waals surface area contributed by atoms with Crippen molar-refractivity contribution < 1.29 is 32.2 Å². The van der Waals surface area contributed by atoms with E-state index in [4.69, 9.17) is 32.7 Å². The third-order valence-electron chi connectivity index (χ3n) is 6.70. The van der Waals surface area contributed by atoms with Crippen LogP contribution in [-0.2, 0) is 16.0 Å². The molecular formula is C27H20Cl2F3NO4. The van der Waals surface area contributed by atoms with Gasteiger partial charge in [-0.15, -0.1) is 0 Å². The summed E-state index contributed by atoms with van der Waals surface area (Å²) in [7, 11) is 1.16. The van der Waals surface area contributed by atoms with E-state index in [0.717, 1.165) is 49.4 Å². The topological polar surface area (TPSA) is 64.6 Å². The monoisotopic (exact) mass is 549 g/mol. The number of hydrogen-bond donors (Lipinski definition) is 1. The molecule has 0 radical (unpaired) electrons. The van der Waals surface area contributed by atoms with Gasteiger partial charge in [0.2, 0.25) is 0 Å². The minimum atomic E-state index is -1.23. The molecule has 192 valence electrons. The lowest BCUT2D eigenvalue weighted by Gasteiger charge is -2.25. The first-order valence-corrected chi connectivity index (χ1v) is 12.2. The van der Waals surface area contributed by atoms with Crippen LogP contribution < -0.4 is 10.1 Å². The van der Waals surface area contributed by atoms with Crippen LogP contribution in [0.3, 0.4) is 0 Å². The van der Waals surface area contributed by atoms with Crippen LogP contribution in [0, 0.1) is 23.4 Å². The molecule has 3 aromatic carbocycles. The number of amides is 1. The molecule has 2 aliphatic rings. The second kappa shape index (κ2) is 9.91. The molecule has 0 aromatic heterocycles. The van der Waals surface area contributed by atoms with E-state index < -0.39 is 40.9 Å². The van der Waals surface area contributed by atoms with Gasteiger partial charge in [0.05, 0.1) is 23.8 Å². The summed E-state index contributed by atoms with van der Waals surface area (Å²) in [6.07, 6.45) is 0.846. The molecule has 1 saturated carbocycles. The smallest absolute Gasteiger partial charge is 0.328 e. The largest absolute Gasteiger partial charge is 0.492 e. The fraction of sp³-hybridized carbons (Fsp3) is 0.259. The van der Waals surface area contributed by atoms with Crippen molar-refractivity contribution in [3.8, 4) is 16.9 Å². The highest BCUT2D eigenvalue weighted by Crippen LogP contribution is 2.58. The Kier molecular flexibility index (Phi) is 6.81. The molecule has 1 N–H and O–H groups in total. The SMILES string of the molecule is COC(=O)[C@H](Cc1ccc(-c2c(Cl)cc(F)cc2Cl)c2c1C1CC1CO2)NC(=O)c1c(F)cccc1F. The van der Waals surface area contributed by atoms with Crippen LogP contribution in [0.1, 0.15) is 33.8 Å². The van der Waals surface area contributed by atoms with Gasteiger partial charge in [-0.1, -0.05) is 41.4 Å². The summed E-state index contributed by atoms with van der Waals surface area (Å²) in [5.41, 5.74) is 1.71.